The molecule has 94 valence electrons. The zero-order valence-corrected chi connectivity index (χ0v) is 11.1. The fourth-order valence-corrected chi connectivity index (χ4v) is 1.51. The quantitative estimate of drug-likeness (QED) is 0.893. The van der Waals surface area contributed by atoms with Gasteiger partial charge in [0.05, 0.1) is 0 Å². The SMILES string of the molecule is CNc1nc(-c2ccc(C)cc2)nc(N(C)C)n1. The molecule has 1 heterocycles. The third-order valence-electron chi connectivity index (χ3n) is 2.56. The lowest BCUT2D eigenvalue weighted by atomic mass is 10.1. The van der Waals surface area contributed by atoms with Crippen LogP contribution in [-0.2, 0) is 0 Å². The molecule has 1 aromatic heterocycles. The molecule has 2 rings (SSSR count). The molecule has 0 unspecified atom stereocenters. The highest BCUT2D eigenvalue weighted by Crippen LogP contribution is 2.19. The van der Waals surface area contributed by atoms with Gasteiger partial charge in [-0.05, 0) is 6.92 Å². The van der Waals surface area contributed by atoms with Gasteiger partial charge in [-0.25, -0.2) is 0 Å². The van der Waals surface area contributed by atoms with Gasteiger partial charge < -0.3 is 10.2 Å². The van der Waals surface area contributed by atoms with Gasteiger partial charge in [0.15, 0.2) is 5.82 Å². The Hall–Kier alpha value is -2.17. The van der Waals surface area contributed by atoms with Gasteiger partial charge in [0.25, 0.3) is 0 Å². The zero-order valence-electron chi connectivity index (χ0n) is 11.1. The Morgan fingerprint density at radius 2 is 1.67 bits per heavy atom. The Balaban J connectivity index is 2.49. The van der Waals surface area contributed by atoms with E-state index in [-0.39, 0.29) is 0 Å². The van der Waals surface area contributed by atoms with Crippen LogP contribution in [-0.4, -0.2) is 36.1 Å². The molecule has 1 aromatic carbocycles. The van der Waals surface area contributed by atoms with E-state index in [0.717, 1.165) is 5.56 Å². The molecule has 0 saturated heterocycles. The molecule has 18 heavy (non-hydrogen) atoms. The van der Waals surface area contributed by atoms with Gasteiger partial charge in [-0.3, -0.25) is 0 Å². The smallest absolute Gasteiger partial charge is 0.230 e. The molecular weight excluding hydrogens is 226 g/mol. The van der Waals surface area contributed by atoms with Crippen molar-refractivity contribution in [1.29, 1.82) is 0 Å². The summed E-state index contributed by atoms with van der Waals surface area (Å²) in [5.41, 5.74) is 2.21. The maximum atomic E-state index is 4.44. The fourth-order valence-electron chi connectivity index (χ4n) is 1.51. The first-order chi connectivity index (χ1) is 8.60. The number of hydrogen-bond donors (Lipinski definition) is 1. The van der Waals surface area contributed by atoms with Crippen molar-refractivity contribution in [2.45, 2.75) is 6.92 Å². The summed E-state index contributed by atoms with van der Waals surface area (Å²) in [6.07, 6.45) is 0. The van der Waals surface area contributed by atoms with E-state index in [1.54, 1.807) is 7.05 Å². The van der Waals surface area contributed by atoms with Crippen LogP contribution in [0.5, 0.6) is 0 Å². The predicted octanol–water partition coefficient (Wildman–Crippen LogP) is 1.95. The number of nitrogens with zero attached hydrogens (tertiary/aromatic N) is 4. The summed E-state index contributed by atoms with van der Waals surface area (Å²) in [6, 6.07) is 8.13. The number of aromatic nitrogens is 3. The largest absolute Gasteiger partial charge is 0.357 e. The van der Waals surface area contributed by atoms with Gasteiger partial charge in [-0.2, -0.15) is 15.0 Å². The number of hydrogen-bond acceptors (Lipinski definition) is 5. The van der Waals surface area contributed by atoms with E-state index in [1.165, 1.54) is 5.56 Å². The summed E-state index contributed by atoms with van der Waals surface area (Å²) in [6.45, 7) is 2.06. The van der Waals surface area contributed by atoms with Gasteiger partial charge in [-0.1, -0.05) is 29.8 Å². The van der Waals surface area contributed by atoms with Crippen LogP contribution >= 0.6 is 0 Å². The molecule has 0 aliphatic carbocycles. The third kappa shape index (κ3) is 2.56. The van der Waals surface area contributed by atoms with E-state index in [0.29, 0.717) is 17.7 Å². The average Bonchev–Trinajstić information content (AvgIpc) is 2.39. The van der Waals surface area contributed by atoms with Crippen molar-refractivity contribution in [3.8, 4) is 11.4 Å². The summed E-state index contributed by atoms with van der Waals surface area (Å²) in [4.78, 5) is 15.0. The number of benzene rings is 1. The van der Waals surface area contributed by atoms with Crippen molar-refractivity contribution in [3.63, 3.8) is 0 Å². The maximum Gasteiger partial charge on any atom is 0.230 e. The van der Waals surface area contributed by atoms with Gasteiger partial charge in [0.2, 0.25) is 11.9 Å². The number of nitrogens with one attached hydrogen (secondary N) is 1. The summed E-state index contributed by atoms with van der Waals surface area (Å²) < 4.78 is 0. The van der Waals surface area contributed by atoms with E-state index < -0.39 is 0 Å². The van der Waals surface area contributed by atoms with Crippen LogP contribution in [0.15, 0.2) is 24.3 Å². The Bertz CT molecular complexity index is 534. The zero-order chi connectivity index (χ0) is 13.1. The number of rotatable bonds is 3. The van der Waals surface area contributed by atoms with E-state index in [9.17, 15) is 0 Å². The lowest BCUT2D eigenvalue weighted by molar-refractivity contribution is 0.963. The fraction of sp³-hybridized carbons (Fsp3) is 0.308. The second-order valence-electron chi connectivity index (χ2n) is 4.29. The standard InChI is InChI=1S/C13H17N5/c1-9-5-7-10(8-6-9)11-15-12(14-2)17-13(16-11)18(3)4/h5-8H,1-4H3,(H,14,15,16,17). The van der Waals surface area contributed by atoms with Crippen LogP contribution in [0.4, 0.5) is 11.9 Å². The van der Waals surface area contributed by atoms with E-state index in [2.05, 4.69) is 27.2 Å². The van der Waals surface area contributed by atoms with Crippen LogP contribution in [0.3, 0.4) is 0 Å². The first-order valence-corrected chi connectivity index (χ1v) is 5.78. The molecule has 0 fully saturated rings. The molecule has 5 nitrogen and oxygen atoms in total. The molecule has 0 aliphatic heterocycles. The lowest BCUT2D eigenvalue weighted by Crippen LogP contribution is -2.15. The Labute approximate surface area is 107 Å². The molecular formula is C13H17N5. The van der Waals surface area contributed by atoms with Crippen molar-refractivity contribution >= 4 is 11.9 Å². The van der Waals surface area contributed by atoms with Crippen LogP contribution in [0.25, 0.3) is 11.4 Å². The summed E-state index contributed by atoms with van der Waals surface area (Å²) in [5.74, 6) is 1.90. The molecule has 0 radical (unpaired) electrons. The van der Waals surface area contributed by atoms with E-state index in [1.807, 2.05) is 43.3 Å². The molecule has 0 aliphatic rings. The van der Waals surface area contributed by atoms with Crippen LogP contribution in [0.2, 0.25) is 0 Å². The third-order valence-corrected chi connectivity index (χ3v) is 2.56. The highest BCUT2D eigenvalue weighted by molar-refractivity contribution is 5.58. The monoisotopic (exact) mass is 243 g/mol. The van der Waals surface area contributed by atoms with Crippen molar-refractivity contribution in [2.75, 3.05) is 31.4 Å². The first kappa shape index (κ1) is 12.3. The van der Waals surface area contributed by atoms with Gasteiger partial charge in [0.1, 0.15) is 0 Å². The van der Waals surface area contributed by atoms with Crippen LogP contribution in [0, 0.1) is 6.92 Å². The van der Waals surface area contributed by atoms with Crippen LogP contribution < -0.4 is 10.2 Å². The van der Waals surface area contributed by atoms with E-state index in [4.69, 9.17) is 0 Å². The first-order valence-electron chi connectivity index (χ1n) is 5.78. The summed E-state index contributed by atoms with van der Waals surface area (Å²) in [7, 11) is 5.62. The molecule has 2 aromatic rings. The second kappa shape index (κ2) is 5.00. The minimum Gasteiger partial charge on any atom is -0.357 e. The lowest BCUT2D eigenvalue weighted by Gasteiger charge is -2.12. The van der Waals surface area contributed by atoms with Gasteiger partial charge in [0, 0.05) is 26.7 Å². The minimum atomic E-state index is 0.573. The molecule has 0 amide bonds. The highest BCUT2D eigenvalue weighted by atomic mass is 15.3. The Morgan fingerprint density at radius 1 is 1.00 bits per heavy atom. The molecule has 0 saturated carbocycles. The topological polar surface area (TPSA) is 53.9 Å². The molecule has 0 spiro atoms. The molecule has 5 heteroatoms. The predicted molar refractivity (Wildman–Crippen MR) is 73.9 cm³/mol. The molecule has 0 bridgehead atoms. The summed E-state index contributed by atoms with van der Waals surface area (Å²) in [5, 5.41) is 2.95. The summed E-state index contributed by atoms with van der Waals surface area (Å²) >= 11 is 0. The normalized spacial score (nSPS) is 10.2. The second-order valence-corrected chi connectivity index (χ2v) is 4.29. The van der Waals surface area contributed by atoms with E-state index >= 15 is 0 Å². The van der Waals surface area contributed by atoms with Gasteiger partial charge in [-0.15, -0.1) is 0 Å². The Kier molecular flexibility index (Phi) is 3.41. The molecule has 1 N–H and O–H groups in total. The van der Waals surface area contributed by atoms with Crippen molar-refractivity contribution in [1.82, 2.24) is 15.0 Å². The number of anilines is 2. The van der Waals surface area contributed by atoms with Crippen LogP contribution in [0.1, 0.15) is 5.56 Å². The number of aryl methyl sites for hydroxylation is 1. The minimum absolute atomic E-state index is 0.573. The maximum absolute atomic E-state index is 4.44. The van der Waals surface area contributed by atoms with Gasteiger partial charge >= 0.3 is 0 Å². The highest BCUT2D eigenvalue weighted by Gasteiger charge is 2.08. The van der Waals surface area contributed by atoms with Crippen molar-refractivity contribution in [2.24, 2.45) is 0 Å². The average molecular weight is 243 g/mol. The van der Waals surface area contributed by atoms with Crippen molar-refractivity contribution in [3.05, 3.63) is 29.8 Å². The Morgan fingerprint density at radius 3 is 2.22 bits per heavy atom. The molecule has 0 atom stereocenters. The van der Waals surface area contributed by atoms with Crippen molar-refractivity contribution < 1.29 is 0 Å².